The first-order chi connectivity index (χ1) is 10.3. The first kappa shape index (κ1) is 14.3. The fourth-order valence-electron chi connectivity index (χ4n) is 3.28. The van der Waals surface area contributed by atoms with E-state index in [4.69, 9.17) is 0 Å². The van der Waals surface area contributed by atoms with E-state index in [-0.39, 0.29) is 0 Å². The van der Waals surface area contributed by atoms with Gasteiger partial charge in [-0.2, -0.15) is 0 Å². The van der Waals surface area contributed by atoms with Crippen molar-refractivity contribution in [2.75, 3.05) is 6.54 Å². The van der Waals surface area contributed by atoms with Crippen molar-refractivity contribution in [1.29, 1.82) is 0 Å². The molecule has 110 valence electrons. The lowest BCUT2D eigenvalue weighted by Crippen LogP contribution is -2.42. The molecule has 0 radical (unpaired) electrons. The lowest BCUT2D eigenvalue weighted by Gasteiger charge is -2.29. The van der Waals surface area contributed by atoms with Gasteiger partial charge in [0.1, 0.15) is 0 Å². The topological polar surface area (TPSA) is 24.9 Å². The number of pyridine rings is 1. The Bertz CT molecular complexity index is 546. The van der Waals surface area contributed by atoms with Crippen molar-refractivity contribution in [1.82, 2.24) is 10.3 Å². The first-order valence-electron chi connectivity index (χ1n) is 8.03. The van der Waals surface area contributed by atoms with Crippen LogP contribution in [0.5, 0.6) is 0 Å². The SMILES string of the molecule is CCCNC(Cc1ccncc1)C1(c2ccccc2)CC1. The zero-order valence-electron chi connectivity index (χ0n) is 12.8. The highest BCUT2D eigenvalue weighted by atomic mass is 14.9. The van der Waals surface area contributed by atoms with Crippen molar-refractivity contribution in [2.24, 2.45) is 0 Å². The molecule has 0 amide bonds. The number of nitrogens with zero attached hydrogens (tertiary/aromatic N) is 1. The van der Waals surface area contributed by atoms with E-state index in [2.05, 4.69) is 59.7 Å². The molecule has 1 heterocycles. The van der Waals surface area contributed by atoms with Gasteiger partial charge in [-0.15, -0.1) is 0 Å². The maximum atomic E-state index is 4.13. The molecular formula is C19H24N2. The highest BCUT2D eigenvalue weighted by Crippen LogP contribution is 2.51. The molecule has 1 aliphatic rings. The highest BCUT2D eigenvalue weighted by Gasteiger charge is 2.50. The number of aromatic nitrogens is 1. The maximum absolute atomic E-state index is 4.13. The molecule has 1 aromatic carbocycles. The zero-order valence-corrected chi connectivity index (χ0v) is 12.8. The standard InChI is InChI=1S/C19H24N2/c1-2-12-21-18(15-16-8-13-20-14-9-16)19(10-11-19)17-6-4-3-5-7-17/h3-9,13-14,18,21H,2,10-12,15H2,1H3. The molecule has 2 aromatic rings. The minimum absolute atomic E-state index is 0.333. The van der Waals surface area contributed by atoms with Crippen molar-refractivity contribution in [2.45, 2.75) is 44.1 Å². The Kier molecular flexibility index (Phi) is 4.35. The molecule has 1 saturated carbocycles. The van der Waals surface area contributed by atoms with Gasteiger partial charge in [-0.1, -0.05) is 37.3 Å². The van der Waals surface area contributed by atoms with E-state index < -0.39 is 0 Å². The molecule has 0 spiro atoms. The van der Waals surface area contributed by atoms with Crippen LogP contribution in [0.25, 0.3) is 0 Å². The molecule has 0 bridgehead atoms. The molecule has 1 aliphatic carbocycles. The highest BCUT2D eigenvalue weighted by molar-refractivity contribution is 5.35. The molecule has 2 nitrogen and oxygen atoms in total. The molecular weight excluding hydrogens is 256 g/mol. The van der Waals surface area contributed by atoms with Crippen LogP contribution in [-0.4, -0.2) is 17.6 Å². The van der Waals surface area contributed by atoms with Crippen molar-refractivity contribution >= 4 is 0 Å². The Hall–Kier alpha value is -1.67. The summed E-state index contributed by atoms with van der Waals surface area (Å²) in [5.74, 6) is 0. The zero-order chi connectivity index (χ0) is 14.5. The summed E-state index contributed by atoms with van der Waals surface area (Å²) in [4.78, 5) is 4.13. The van der Waals surface area contributed by atoms with Crippen LogP contribution in [0.2, 0.25) is 0 Å². The third-order valence-corrected chi connectivity index (χ3v) is 4.63. The molecule has 0 aliphatic heterocycles. The Balaban J connectivity index is 1.82. The van der Waals surface area contributed by atoms with Gasteiger partial charge in [-0.3, -0.25) is 4.98 Å². The van der Waals surface area contributed by atoms with E-state index in [1.165, 1.54) is 30.4 Å². The molecule has 21 heavy (non-hydrogen) atoms. The van der Waals surface area contributed by atoms with Gasteiger partial charge in [0.05, 0.1) is 0 Å². The minimum atomic E-state index is 0.333. The first-order valence-corrected chi connectivity index (χ1v) is 8.03. The van der Waals surface area contributed by atoms with Gasteiger partial charge in [0, 0.05) is 23.9 Å². The van der Waals surface area contributed by atoms with Gasteiger partial charge in [0.25, 0.3) is 0 Å². The molecule has 0 saturated heterocycles. The molecule has 2 heteroatoms. The van der Waals surface area contributed by atoms with E-state index in [1.807, 2.05) is 12.4 Å². The van der Waals surface area contributed by atoms with Crippen molar-refractivity contribution < 1.29 is 0 Å². The van der Waals surface area contributed by atoms with E-state index >= 15 is 0 Å². The van der Waals surface area contributed by atoms with Gasteiger partial charge in [0.15, 0.2) is 0 Å². The van der Waals surface area contributed by atoms with Crippen molar-refractivity contribution in [3.05, 3.63) is 66.0 Å². The number of benzene rings is 1. The van der Waals surface area contributed by atoms with E-state index in [0.29, 0.717) is 11.5 Å². The lowest BCUT2D eigenvalue weighted by atomic mass is 9.84. The summed E-state index contributed by atoms with van der Waals surface area (Å²) in [5.41, 5.74) is 3.20. The van der Waals surface area contributed by atoms with E-state index in [1.54, 1.807) is 0 Å². The van der Waals surface area contributed by atoms with Crippen molar-refractivity contribution in [3.63, 3.8) is 0 Å². The van der Waals surface area contributed by atoms with Gasteiger partial charge in [-0.25, -0.2) is 0 Å². The Labute approximate surface area is 127 Å². The summed E-state index contributed by atoms with van der Waals surface area (Å²) in [6.45, 7) is 3.32. The minimum Gasteiger partial charge on any atom is -0.313 e. The van der Waals surface area contributed by atoms with Crippen LogP contribution in [0.1, 0.15) is 37.3 Å². The monoisotopic (exact) mass is 280 g/mol. The van der Waals surface area contributed by atoms with Gasteiger partial charge < -0.3 is 5.32 Å². The third kappa shape index (κ3) is 3.16. The largest absolute Gasteiger partial charge is 0.313 e. The Morgan fingerprint density at radius 3 is 2.43 bits per heavy atom. The summed E-state index contributed by atoms with van der Waals surface area (Å²) in [6.07, 6.45) is 8.64. The van der Waals surface area contributed by atoms with Crippen LogP contribution in [0.15, 0.2) is 54.9 Å². The Morgan fingerprint density at radius 1 is 1.10 bits per heavy atom. The lowest BCUT2D eigenvalue weighted by molar-refractivity contribution is 0.412. The smallest absolute Gasteiger partial charge is 0.0270 e. The maximum Gasteiger partial charge on any atom is 0.0270 e. The normalized spacial score (nSPS) is 17.4. The number of nitrogens with one attached hydrogen (secondary N) is 1. The van der Waals surface area contributed by atoms with E-state index in [9.17, 15) is 0 Å². The molecule has 1 atom stereocenters. The van der Waals surface area contributed by atoms with Crippen LogP contribution >= 0.6 is 0 Å². The fraction of sp³-hybridized carbons (Fsp3) is 0.421. The molecule has 1 unspecified atom stereocenters. The second-order valence-electron chi connectivity index (χ2n) is 6.09. The summed E-state index contributed by atoms with van der Waals surface area (Å²) < 4.78 is 0. The number of hydrogen-bond donors (Lipinski definition) is 1. The van der Waals surface area contributed by atoms with Crippen LogP contribution in [0, 0.1) is 0 Å². The van der Waals surface area contributed by atoms with E-state index in [0.717, 1.165) is 13.0 Å². The summed E-state index contributed by atoms with van der Waals surface area (Å²) in [6, 6.07) is 15.8. The average molecular weight is 280 g/mol. The molecule has 3 rings (SSSR count). The molecule has 1 aromatic heterocycles. The van der Waals surface area contributed by atoms with Gasteiger partial charge in [0.2, 0.25) is 0 Å². The second-order valence-corrected chi connectivity index (χ2v) is 6.09. The Morgan fingerprint density at radius 2 is 1.81 bits per heavy atom. The predicted octanol–water partition coefficient (Wildman–Crippen LogP) is 3.72. The molecule has 1 fully saturated rings. The number of hydrogen-bond acceptors (Lipinski definition) is 2. The summed E-state index contributed by atoms with van der Waals surface area (Å²) in [7, 11) is 0. The summed E-state index contributed by atoms with van der Waals surface area (Å²) in [5, 5.41) is 3.80. The average Bonchev–Trinajstić information content (AvgIpc) is 3.35. The van der Waals surface area contributed by atoms with Crippen LogP contribution in [-0.2, 0) is 11.8 Å². The van der Waals surface area contributed by atoms with Crippen molar-refractivity contribution in [3.8, 4) is 0 Å². The summed E-state index contributed by atoms with van der Waals surface area (Å²) >= 11 is 0. The van der Waals surface area contributed by atoms with Crippen LogP contribution in [0.4, 0.5) is 0 Å². The number of rotatable bonds is 7. The van der Waals surface area contributed by atoms with Crippen LogP contribution < -0.4 is 5.32 Å². The third-order valence-electron chi connectivity index (χ3n) is 4.63. The van der Waals surface area contributed by atoms with Gasteiger partial charge in [-0.05, 0) is 55.5 Å². The predicted molar refractivity (Wildman–Crippen MR) is 87.4 cm³/mol. The quantitative estimate of drug-likeness (QED) is 0.836. The molecule has 1 N–H and O–H groups in total. The van der Waals surface area contributed by atoms with Crippen LogP contribution in [0.3, 0.4) is 0 Å². The van der Waals surface area contributed by atoms with Gasteiger partial charge >= 0.3 is 0 Å². The fourth-order valence-corrected chi connectivity index (χ4v) is 3.28. The second kappa shape index (κ2) is 6.40.